The highest BCUT2D eigenvalue weighted by Crippen LogP contribution is 2.11. The minimum atomic E-state index is -0.0570. The molecule has 0 spiro atoms. The summed E-state index contributed by atoms with van der Waals surface area (Å²) >= 11 is 0. The lowest BCUT2D eigenvalue weighted by atomic mass is 10.1. The summed E-state index contributed by atoms with van der Waals surface area (Å²) in [4.78, 5) is 23.1. The van der Waals surface area contributed by atoms with Crippen molar-refractivity contribution >= 4 is 17.5 Å². The van der Waals surface area contributed by atoms with Crippen molar-refractivity contribution in [3.05, 3.63) is 29.8 Å². The zero-order valence-corrected chi connectivity index (χ0v) is 12.3. The molecule has 5 heteroatoms. The lowest BCUT2D eigenvalue weighted by molar-refractivity contribution is -0.120. The van der Waals surface area contributed by atoms with Gasteiger partial charge in [0.05, 0.1) is 6.54 Å². The van der Waals surface area contributed by atoms with Crippen LogP contribution in [-0.4, -0.2) is 24.9 Å². The maximum atomic E-state index is 11.6. The van der Waals surface area contributed by atoms with Crippen LogP contribution in [-0.2, 0) is 16.1 Å². The smallest absolute Gasteiger partial charge is 0.234 e. The lowest BCUT2D eigenvalue weighted by Gasteiger charge is -2.10. The van der Waals surface area contributed by atoms with E-state index < -0.39 is 0 Å². The van der Waals surface area contributed by atoms with Gasteiger partial charge in [-0.25, -0.2) is 0 Å². The Hall–Kier alpha value is -1.88. The predicted molar refractivity (Wildman–Crippen MR) is 80.3 cm³/mol. The zero-order chi connectivity index (χ0) is 15.0. The van der Waals surface area contributed by atoms with Gasteiger partial charge in [0, 0.05) is 18.2 Å². The van der Waals surface area contributed by atoms with Gasteiger partial charge in [0.1, 0.15) is 0 Å². The maximum absolute atomic E-state index is 11.6. The SMILES string of the molecule is CCNCC(=O)NCc1cccc(NC(=O)C(C)C)c1. The lowest BCUT2D eigenvalue weighted by Crippen LogP contribution is -2.33. The first-order chi connectivity index (χ1) is 9.52. The van der Waals surface area contributed by atoms with Crippen LogP contribution in [0.1, 0.15) is 26.3 Å². The van der Waals surface area contributed by atoms with Gasteiger partial charge in [-0.3, -0.25) is 9.59 Å². The van der Waals surface area contributed by atoms with Gasteiger partial charge in [0.25, 0.3) is 0 Å². The van der Waals surface area contributed by atoms with Gasteiger partial charge in [-0.05, 0) is 24.2 Å². The fraction of sp³-hybridized carbons (Fsp3) is 0.467. The summed E-state index contributed by atoms with van der Waals surface area (Å²) in [7, 11) is 0. The Morgan fingerprint density at radius 2 is 2.00 bits per heavy atom. The Morgan fingerprint density at radius 3 is 2.65 bits per heavy atom. The van der Waals surface area contributed by atoms with Crippen molar-refractivity contribution in [1.82, 2.24) is 10.6 Å². The molecule has 1 aromatic carbocycles. The summed E-state index contributed by atoms with van der Waals surface area (Å²) in [5.41, 5.74) is 1.71. The van der Waals surface area contributed by atoms with Crippen molar-refractivity contribution in [2.45, 2.75) is 27.3 Å². The van der Waals surface area contributed by atoms with Crippen LogP contribution in [0.15, 0.2) is 24.3 Å². The molecule has 0 unspecified atom stereocenters. The number of likely N-dealkylation sites (N-methyl/N-ethyl adjacent to an activating group) is 1. The molecule has 2 amide bonds. The molecule has 0 bridgehead atoms. The number of rotatable bonds is 7. The summed E-state index contributed by atoms with van der Waals surface area (Å²) in [6, 6.07) is 7.48. The molecule has 0 saturated carbocycles. The first kappa shape index (κ1) is 16.2. The van der Waals surface area contributed by atoms with Gasteiger partial charge in [0.15, 0.2) is 0 Å². The summed E-state index contributed by atoms with van der Waals surface area (Å²) in [6.45, 7) is 7.19. The fourth-order valence-electron chi connectivity index (χ4n) is 1.55. The second-order valence-electron chi connectivity index (χ2n) is 4.90. The molecule has 0 saturated heterocycles. The average Bonchev–Trinajstić information content (AvgIpc) is 2.43. The van der Waals surface area contributed by atoms with E-state index in [1.165, 1.54) is 0 Å². The van der Waals surface area contributed by atoms with Gasteiger partial charge in [0.2, 0.25) is 11.8 Å². The van der Waals surface area contributed by atoms with E-state index in [2.05, 4.69) is 16.0 Å². The second kappa shape index (κ2) is 8.32. The van der Waals surface area contributed by atoms with E-state index in [9.17, 15) is 9.59 Å². The highest BCUT2D eigenvalue weighted by molar-refractivity contribution is 5.92. The van der Waals surface area contributed by atoms with Crippen LogP contribution in [0.4, 0.5) is 5.69 Å². The van der Waals surface area contributed by atoms with E-state index in [4.69, 9.17) is 0 Å². The molecular formula is C15H23N3O2. The third kappa shape index (κ3) is 5.84. The molecule has 1 aromatic rings. The molecule has 110 valence electrons. The van der Waals surface area contributed by atoms with E-state index in [0.29, 0.717) is 13.1 Å². The van der Waals surface area contributed by atoms with Crippen LogP contribution in [0.3, 0.4) is 0 Å². The predicted octanol–water partition coefficient (Wildman–Crippen LogP) is 1.51. The maximum Gasteiger partial charge on any atom is 0.234 e. The van der Waals surface area contributed by atoms with Crippen molar-refractivity contribution in [2.24, 2.45) is 5.92 Å². The molecule has 0 radical (unpaired) electrons. The van der Waals surface area contributed by atoms with E-state index >= 15 is 0 Å². The fourth-order valence-corrected chi connectivity index (χ4v) is 1.55. The molecule has 0 aliphatic heterocycles. The number of hydrogen-bond donors (Lipinski definition) is 3. The Balaban J connectivity index is 2.51. The molecular weight excluding hydrogens is 254 g/mol. The highest BCUT2D eigenvalue weighted by Gasteiger charge is 2.07. The summed E-state index contributed by atoms with van der Waals surface area (Å²) in [6.07, 6.45) is 0. The summed E-state index contributed by atoms with van der Waals surface area (Å²) < 4.78 is 0. The van der Waals surface area contributed by atoms with Gasteiger partial charge in [-0.2, -0.15) is 0 Å². The molecule has 5 nitrogen and oxygen atoms in total. The first-order valence-corrected chi connectivity index (χ1v) is 6.90. The molecule has 0 heterocycles. The number of amides is 2. The topological polar surface area (TPSA) is 70.2 Å². The Morgan fingerprint density at radius 1 is 1.25 bits per heavy atom. The van der Waals surface area contributed by atoms with Crippen LogP contribution in [0, 0.1) is 5.92 Å². The molecule has 0 aromatic heterocycles. The van der Waals surface area contributed by atoms with Gasteiger partial charge >= 0.3 is 0 Å². The van der Waals surface area contributed by atoms with E-state index in [0.717, 1.165) is 17.8 Å². The van der Waals surface area contributed by atoms with E-state index in [1.54, 1.807) is 0 Å². The third-order valence-corrected chi connectivity index (χ3v) is 2.74. The Kier molecular flexibility index (Phi) is 6.73. The largest absolute Gasteiger partial charge is 0.351 e. The van der Waals surface area contributed by atoms with Crippen molar-refractivity contribution in [3.8, 4) is 0 Å². The normalized spacial score (nSPS) is 10.4. The Labute approximate surface area is 120 Å². The van der Waals surface area contributed by atoms with E-state index in [-0.39, 0.29) is 17.7 Å². The van der Waals surface area contributed by atoms with E-state index in [1.807, 2.05) is 45.0 Å². The van der Waals surface area contributed by atoms with Crippen LogP contribution >= 0.6 is 0 Å². The number of carbonyl (C=O) groups is 2. The van der Waals surface area contributed by atoms with Crippen molar-refractivity contribution < 1.29 is 9.59 Å². The van der Waals surface area contributed by atoms with Gasteiger partial charge in [-0.15, -0.1) is 0 Å². The number of anilines is 1. The van der Waals surface area contributed by atoms with Crippen LogP contribution < -0.4 is 16.0 Å². The number of benzene rings is 1. The van der Waals surface area contributed by atoms with Crippen molar-refractivity contribution in [3.63, 3.8) is 0 Å². The highest BCUT2D eigenvalue weighted by atomic mass is 16.2. The monoisotopic (exact) mass is 277 g/mol. The third-order valence-electron chi connectivity index (χ3n) is 2.74. The molecule has 1 rings (SSSR count). The summed E-state index contributed by atoms with van der Waals surface area (Å²) in [5.74, 6) is -0.111. The minimum absolute atomic E-state index is 0.0154. The molecule has 3 N–H and O–H groups in total. The molecule has 0 fully saturated rings. The van der Waals surface area contributed by atoms with Gasteiger partial charge in [-0.1, -0.05) is 32.9 Å². The standard InChI is InChI=1S/C15H23N3O2/c1-4-16-10-14(19)17-9-12-6-5-7-13(8-12)18-15(20)11(2)3/h5-8,11,16H,4,9-10H2,1-3H3,(H,17,19)(H,18,20). The molecule has 0 aliphatic rings. The van der Waals surface area contributed by atoms with Crippen molar-refractivity contribution in [2.75, 3.05) is 18.4 Å². The summed E-state index contributed by atoms with van der Waals surface area (Å²) in [5, 5.41) is 8.63. The quantitative estimate of drug-likeness (QED) is 0.707. The van der Waals surface area contributed by atoms with Crippen molar-refractivity contribution in [1.29, 1.82) is 0 Å². The minimum Gasteiger partial charge on any atom is -0.351 e. The second-order valence-corrected chi connectivity index (χ2v) is 4.90. The average molecular weight is 277 g/mol. The molecule has 0 atom stereocenters. The molecule has 0 aliphatic carbocycles. The number of carbonyl (C=O) groups excluding carboxylic acids is 2. The van der Waals surface area contributed by atoms with Crippen LogP contribution in [0.25, 0.3) is 0 Å². The van der Waals surface area contributed by atoms with Gasteiger partial charge < -0.3 is 16.0 Å². The van der Waals surface area contributed by atoms with Crippen LogP contribution in [0.2, 0.25) is 0 Å². The first-order valence-electron chi connectivity index (χ1n) is 6.90. The van der Waals surface area contributed by atoms with Crippen LogP contribution in [0.5, 0.6) is 0 Å². The zero-order valence-electron chi connectivity index (χ0n) is 12.3. The Bertz CT molecular complexity index is 458. The molecule has 20 heavy (non-hydrogen) atoms. The number of hydrogen-bond acceptors (Lipinski definition) is 3. The number of nitrogens with one attached hydrogen (secondary N) is 3.